The predicted molar refractivity (Wildman–Crippen MR) is 100 cm³/mol. The van der Waals surface area contributed by atoms with Crippen LogP contribution in [0.1, 0.15) is 23.2 Å². The maximum atomic E-state index is 12.4. The van der Waals surface area contributed by atoms with Crippen LogP contribution in [0.25, 0.3) is 0 Å². The standard InChI is InChI=1S/C20H27N3O4/c24-18(17-4-2-1-3-5-17)6-7-19(25)22-8-10-23(11-9-22)20(26)16-21-12-14-27-15-13-21/h1-5H,6-16H2. The lowest BCUT2D eigenvalue weighted by molar-refractivity contribution is -0.140. The first-order valence-corrected chi connectivity index (χ1v) is 9.57. The molecule has 0 N–H and O–H groups in total. The highest BCUT2D eigenvalue weighted by atomic mass is 16.5. The topological polar surface area (TPSA) is 70.2 Å². The summed E-state index contributed by atoms with van der Waals surface area (Å²) in [7, 11) is 0. The molecule has 0 saturated carbocycles. The molecule has 2 aliphatic rings. The summed E-state index contributed by atoms with van der Waals surface area (Å²) >= 11 is 0. The zero-order valence-electron chi connectivity index (χ0n) is 15.6. The molecule has 0 unspecified atom stereocenters. The van der Waals surface area contributed by atoms with Gasteiger partial charge in [-0.25, -0.2) is 0 Å². The quantitative estimate of drug-likeness (QED) is 0.685. The van der Waals surface area contributed by atoms with E-state index in [-0.39, 0.29) is 30.4 Å². The van der Waals surface area contributed by atoms with Gasteiger partial charge in [0.2, 0.25) is 11.8 Å². The number of morpholine rings is 1. The lowest BCUT2D eigenvalue weighted by Crippen LogP contribution is -2.53. The van der Waals surface area contributed by atoms with Crippen molar-refractivity contribution in [2.24, 2.45) is 0 Å². The Balaban J connectivity index is 1.38. The maximum Gasteiger partial charge on any atom is 0.236 e. The lowest BCUT2D eigenvalue weighted by Gasteiger charge is -2.36. The van der Waals surface area contributed by atoms with Crippen LogP contribution in [0.5, 0.6) is 0 Å². The number of carbonyl (C=O) groups excluding carboxylic acids is 3. The third-order valence-corrected chi connectivity index (χ3v) is 5.11. The smallest absolute Gasteiger partial charge is 0.236 e. The van der Waals surface area contributed by atoms with Crippen molar-refractivity contribution in [3.05, 3.63) is 35.9 Å². The Labute approximate surface area is 159 Å². The van der Waals surface area contributed by atoms with Gasteiger partial charge in [-0.2, -0.15) is 0 Å². The van der Waals surface area contributed by atoms with Crippen molar-refractivity contribution in [1.82, 2.24) is 14.7 Å². The van der Waals surface area contributed by atoms with Crippen molar-refractivity contribution in [2.75, 3.05) is 59.0 Å². The second kappa shape index (κ2) is 9.62. The molecule has 1 aromatic carbocycles. The fourth-order valence-corrected chi connectivity index (χ4v) is 3.40. The average molecular weight is 373 g/mol. The van der Waals surface area contributed by atoms with Gasteiger partial charge in [-0.15, -0.1) is 0 Å². The van der Waals surface area contributed by atoms with Crippen molar-refractivity contribution < 1.29 is 19.1 Å². The van der Waals surface area contributed by atoms with E-state index >= 15 is 0 Å². The van der Waals surface area contributed by atoms with E-state index in [1.54, 1.807) is 17.0 Å². The van der Waals surface area contributed by atoms with Gasteiger partial charge in [0.25, 0.3) is 0 Å². The second-order valence-electron chi connectivity index (χ2n) is 6.94. The fraction of sp³-hybridized carbons (Fsp3) is 0.550. The molecule has 0 spiro atoms. The van der Waals surface area contributed by atoms with Gasteiger partial charge in [0.05, 0.1) is 19.8 Å². The molecule has 2 aliphatic heterocycles. The number of rotatable bonds is 6. The summed E-state index contributed by atoms with van der Waals surface area (Å²) in [4.78, 5) is 42.6. The highest BCUT2D eigenvalue weighted by molar-refractivity contribution is 5.97. The Hall–Kier alpha value is -2.25. The third-order valence-electron chi connectivity index (χ3n) is 5.11. The van der Waals surface area contributed by atoms with E-state index in [0.717, 1.165) is 13.1 Å². The van der Waals surface area contributed by atoms with Crippen LogP contribution < -0.4 is 0 Å². The molecule has 0 radical (unpaired) electrons. The van der Waals surface area contributed by atoms with Gasteiger partial charge in [0.15, 0.2) is 5.78 Å². The minimum absolute atomic E-state index is 0.0109. The van der Waals surface area contributed by atoms with Crippen molar-refractivity contribution in [3.8, 4) is 0 Å². The van der Waals surface area contributed by atoms with Crippen LogP contribution in [0, 0.1) is 0 Å². The number of ether oxygens (including phenoxy) is 1. The Morgan fingerprint density at radius 3 is 2.00 bits per heavy atom. The molecule has 2 fully saturated rings. The SMILES string of the molecule is O=C(CCC(=O)N1CCN(C(=O)CN2CCOCC2)CC1)c1ccccc1. The molecule has 2 saturated heterocycles. The summed E-state index contributed by atoms with van der Waals surface area (Å²) in [5.41, 5.74) is 0.642. The number of hydrogen-bond donors (Lipinski definition) is 0. The number of hydrogen-bond acceptors (Lipinski definition) is 5. The van der Waals surface area contributed by atoms with E-state index in [0.29, 0.717) is 51.5 Å². The predicted octanol–water partition coefficient (Wildman–Crippen LogP) is 0.653. The molecule has 2 amide bonds. The van der Waals surface area contributed by atoms with E-state index in [2.05, 4.69) is 4.90 Å². The van der Waals surface area contributed by atoms with Gasteiger partial charge < -0.3 is 14.5 Å². The molecule has 1 aromatic rings. The van der Waals surface area contributed by atoms with Crippen LogP contribution in [0.4, 0.5) is 0 Å². The van der Waals surface area contributed by atoms with Crippen LogP contribution >= 0.6 is 0 Å². The van der Waals surface area contributed by atoms with Crippen LogP contribution in [0.3, 0.4) is 0 Å². The van der Waals surface area contributed by atoms with Crippen molar-refractivity contribution >= 4 is 17.6 Å². The van der Waals surface area contributed by atoms with Crippen LogP contribution in [0.15, 0.2) is 30.3 Å². The number of piperazine rings is 1. The number of benzene rings is 1. The summed E-state index contributed by atoms with van der Waals surface area (Å²) in [6.07, 6.45) is 0.439. The molecule has 2 heterocycles. The minimum atomic E-state index is -0.0143. The van der Waals surface area contributed by atoms with Crippen molar-refractivity contribution in [1.29, 1.82) is 0 Å². The molecule has 0 aromatic heterocycles. The Bertz CT molecular complexity index is 650. The highest BCUT2D eigenvalue weighted by Gasteiger charge is 2.25. The maximum absolute atomic E-state index is 12.4. The number of nitrogens with zero attached hydrogens (tertiary/aromatic N) is 3. The first-order chi connectivity index (χ1) is 13.1. The van der Waals surface area contributed by atoms with E-state index in [4.69, 9.17) is 4.74 Å². The summed E-state index contributed by atoms with van der Waals surface area (Å²) in [5, 5.41) is 0. The molecule has 7 heteroatoms. The largest absolute Gasteiger partial charge is 0.379 e. The summed E-state index contributed by atoms with van der Waals surface area (Å²) in [5.74, 6) is 0.0890. The number of carbonyl (C=O) groups is 3. The Morgan fingerprint density at radius 2 is 1.37 bits per heavy atom. The average Bonchev–Trinajstić information content (AvgIpc) is 2.73. The first-order valence-electron chi connectivity index (χ1n) is 9.57. The zero-order chi connectivity index (χ0) is 19.1. The van der Waals surface area contributed by atoms with Gasteiger partial charge in [0, 0.05) is 57.7 Å². The summed E-state index contributed by atoms with van der Waals surface area (Å²) < 4.78 is 5.30. The lowest BCUT2D eigenvalue weighted by atomic mass is 10.1. The molecule has 0 atom stereocenters. The van der Waals surface area contributed by atoms with Crippen LogP contribution in [-0.2, 0) is 14.3 Å². The molecule has 27 heavy (non-hydrogen) atoms. The summed E-state index contributed by atoms with van der Waals surface area (Å²) in [6, 6.07) is 9.05. The Kier molecular flexibility index (Phi) is 6.95. The minimum Gasteiger partial charge on any atom is -0.379 e. The second-order valence-corrected chi connectivity index (χ2v) is 6.94. The van der Waals surface area contributed by atoms with E-state index in [1.807, 2.05) is 23.1 Å². The van der Waals surface area contributed by atoms with Gasteiger partial charge in [-0.05, 0) is 0 Å². The van der Waals surface area contributed by atoms with E-state index < -0.39 is 0 Å². The van der Waals surface area contributed by atoms with Gasteiger partial charge in [-0.1, -0.05) is 30.3 Å². The van der Waals surface area contributed by atoms with Gasteiger partial charge in [0.1, 0.15) is 0 Å². The van der Waals surface area contributed by atoms with Crippen LogP contribution in [0.2, 0.25) is 0 Å². The monoisotopic (exact) mass is 373 g/mol. The molecule has 0 aliphatic carbocycles. The van der Waals surface area contributed by atoms with Crippen LogP contribution in [-0.4, -0.2) is 91.3 Å². The molecular formula is C20H27N3O4. The number of Topliss-reactive ketones (excluding diaryl/α,β-unsaturated/α-hetero) is 1. The third kappa shape index (κ3) is 5.61. The highest BCUT2D eigenvalue weighted by Crippen LogP contribution is 2.10. The Morgan fingerprint density at radius 1 is 0.778 bits per heavy atom. The molecule has 146 valence electrons. The fourth-order valence-electron chi connectivity index (χ4n) is 3.40. The van der Waals surface area contributed by atoms with Gasteiger partial charge in [-0.3, -0.25) is 19.3 Å². The molecule has 0 bridgehead atoms. The molecule has 3 rings (SSSR count). The molecular weight excluding hydrogens is 346 g/mol. The van der Waals surface area contributed by atoms with Crippen molar-refractivity contribution in [3.63, 3.8) is 0 Å². The number of ketones is 1. The van der Waals surface area contributed by atoms with E-state index in [9.17, 15) is 14.4 Å². The van der Waals surface area contributed by atoms with Gasteiger partial charge >= 0.3 is 0 Å². The molecule has 7 nitrogen and oxygen atoms in total. The zero-order valence-corrected chi connectivity index (χ0v) is 15.6. The first kappa shape index (κ1) is 19.5. The van der Waals surface area contributed by atoms with E-state index in [1.165, 1.54) is 0 Å². The van der Waals surface area contributed by atoms with Crippen molar-refractivity contribution in [2.45, 2.75) is 12.8 Å². The summed E-state index contributed by atoms with van der Waals surface area (Å²) in [6.45, 7) is 5.54. The number of amides is 2. The normalized spacial score (nSPS) is 18.4.